The van der Waals surface area contributed by atoms with Crippen LogP contribution in [-0.2, 0) is 10.1 Å². The molecule has 7 heteroatoms. The van der Waals surface area contributed by atoms with Gasteiger partial charge in [-0.2, -0.15) is 0 Å². The Bertz CT molecular complexity index is 413. The predicted octanol–water partition coefficient (Wildman–Crippen LogP) is 2.28. The van der Waals surface area contributed by atoms with Gasteiger partial charge in [0.25, 0.3) is 6.43 Å². The van der Waals surface area contributed by atoms with Gasteiger partial charge in [-0.05, 0) is 6.07 Å². The molecule has 16 heavy (non-hydrogen) atoms. The van der Waals surface area contributed by atoms with Gasteiger partial charge in [0.1, 0.15) is 0 Å². The number of halogens is 3. The number of carbonyl (C=O) groups is 1. The van der Waals surface area contributed by atoms with Gasteiger partial charge >= 0.3 is 5.97 Å². The molecule has 0 spiro atoms. The van der Waals surface area contributed by atoms with Gasteiger partial charge in [-0.15, -0.1) is 0 Å². The van der Waals surface area contributed by atoms with Crippen LogP contribution < -0.4 is 5.73 Å². The van der Waals surface area contributed by atoms with Crippen molar-refractivity contribution in [3.63, 3.8) is 0 Å². The summed E-state index contributed by atoms with van der Waals surface area (Å²) in [6, 6.07) is 1.15. The Hall–Kier alpha value is -1.24. The molecule has 88 valence electrons. The molecule has 4 nitrogen and oxygen atoms in total. The number of nitrogens with two attached hydrogens (primary N) is 1. The Morgan fingerprint density at radius 1 is 1.69 bits per heavy atom. The average Bonchev–Trinajstić information content (AvgIpc) is 2.28. The quantitative estimate of drug-likeness (QED) is 0.686. The summed E-state index contributed by atoms with van der Waals surface area (Å²) in [5, 5.41) is 0.247. The van der Waals surface area contributed by atoms with Crippen LogP contribution in [0.2, 0.25) is 0 Å². The molecule has 0 aliphatic heterocycles. The number of hydrogen-bond acceptors (Lipinski definition) is 4. The third-order valence-electron chi connectivity index (χ3n) is 1.89. The number of nitrogen functional groups attached to an aromatic ring is 1. The van der Waals surface area contributed by atoms with Crippen LogP contribution in [0.3, 0.4) is 0 Å². The average molecular weight is 295 g/mol. The molecule has 0 atom stereocenters. The van der Waals surface area contributed by atoms with Crippen LogP contribution in [0.25, 0.3) is 0 Å². The van der Waals surface area contributed by atoms with Crippen molar-refractivity contribution >= 4 is 27.6 Å². The highest BCUT2D eigenvalue weighted by atomic mass is 79.9. The van der Waals surface area contributed by atoms with Gasteiger partial charge in [0.05, 0.1) is 18.5 Å². The second-order valence-electron chi connectivity index (χ2n) is 2.89. The van der Waals surface area contributed by atoms with Crippen LogP contribution >= 0.6 is 15.9 Å². The maximum atomic E-state index is 12.6. The zero-order valence-corrected chi connectivity index (χ0v) is 9.92. The van der Waals surface area contributed by atoms with E-state index in [2.05, 4.69) is 25.7 Å². The number of anilines is 1. The highest BCUT2D eigenvalue weighted by Gasteiger charge is 2.21. The van der Waals surface area contributed by atoms with Crippen LogP contribution in [0.4, 0.5) is 14.5 Å². The molecule has 1 aromatic rings. The van der Waals surface area contributed by atoms with Crippen molar-refractivity contribution in [3.8, 4) is 0 Å². The second kappa shape index (κ2) is 5.20. The number of nitrogens with zero attached hydrogens (tertiary/aromatic N) is 1. The largest absolute Gasteiger partial charge is 0.464 e. The number of hydrogen-bond donors (Lipinski definition) is 1. The number of esters is 1. The van der Waals surface area contributed by atoms with E-state index in [1.54, 1.807) is 0 Å². The number of rotatable bonds is 3. The summed E-state index contributed by atoms with van der Waals surface area (Å²) >= 11 is 3.07. The molecule has 0 aromatic carbocycles. The summed E-state index contributed by atoms with van der Waals surface area (Å²) in [6.45, 7) is 0. The van der Waals surface area contributed by atoms with Gasteiger partial charge in [-0.25, -0.2) is 18.6 Å². The van der Waals surface area contributed by atoms with Crippen molar-refractivity contribution in [1.82, 2.24) is 4.98 Å². The summed E-state index contributed by atoms with van der Waals surface area (Å²) in [5.41, 5.74) is 4.69. The van der Waals surface area contributed by atoms with Crippen LogP contribution in [0.15, 0.2) is 6.07 Å². The zero-order valence-electron chi connectivity index (χ0n) is 8.34. The summed E-state index contributed by atoms with van der Waals surface area (Å²) in [7, 11) is 1.13. The molecule has 0 radical (unpaired) electrons. The molecule has 1 rings (SSSR count). The Balaban J connectivity index is 3.37. The standard InChI is InChI=1S/C9H9BrF2N2O2/c1-16-9(15)7-6(13)5(8(11)12)2-4(3-10)14-7/h2,8H,3,13H2,1H3. The van der Waals surface area contributed by atoms with Crippen molar-refractivity contribution < 1.29 is 18.3 Å². The van der Waals surface area contributed by atoms with Crippen molar-refractivity contribution in [1.29, 1.82) is 0 Å². The number of ether oxygens (including phenoxy) is 1. The maximum absolute atomic E-state index is 12.6. The first-order chi connectivity index (χ1) is 7.51. The number of pyridine rings is 1. The van der Waals surface area contributed by atoms with Gasteiger partial charge in [0.2, 0.25) is 0 Å². The van der Waals surface area contributed by atoms with Crippen LogP contribution in [-0.4, -0.2) is 18.1 Å². The minimum absolute atomic E-state index is 0.247. The third kappa shape index (κ3) is 2.46. The maximum Gasteiger partial charge on any atom is 0.358 e. The first kappa shape index (κ1) is 12.8. The van der Waals surface area contributed by atoms with E-state index in [9.17, 15) is 13.6 Å². The van der Waals surface area contributed by atoms with Crippen LogP contribution in [0, 0.1) is 0 Å². The number of carbonyl (C=O) groups excluding carboxylic acids is 1. The van der Waals surface area contributed by atoms with Crippen LogP contribution in [0.1, 0.15) is 28.2 Å². The first-order valence-electron chi connectivity index (χ1n) is 4.23. The second-order valence-corrected chi connectivity index (χ2v) is 3.45. The lowest BCUT2D eigenvalue weighted by Gasteiger charge is -2.10. The minimum Gasteiger partial charge on any atom is -0.464 e. The van der Waals surface area contributed by atoms with E-state index >= 15 is 0 Å². The number of aromatic nitrogens is 1. The van der Waals surface area contributed by atoms with E-state index in [0.717, 1.165) is 13.2 Å². The molecule has 0 aliphatic rings. The fourth-order valence-electron chi connectivity index (χ4n) is 1.13. The van der Waals surface area contributed by atoms with E-state index in [1.165, 1.54) is 0 Å². The van der Waals surface area contributed by atoms with E-state index in [-0.39, 0.29) is 16.7 Å². The summed E-state index contributed by atoms with van der Waals surface area (Å²) in [5.74, 6) is -0.831. The normalized spacial score (nSPS) is 10.6. The van der Waals surface area contributed by atoms with E-state index in [1.807, 2.05) is 0 Å². The Labute approximate surface area is 98.9 Å². The van der Waals surface area contributed by atoms with Gasteiger partial charge < -0.3 is 10.5 Å². The molecular weight excluding hydrogens is 286 g/mol. The monoisotopic (exact) mass is 294 g/mol. The van der Waals surface area contributed by atoms with Gasteiger partial charge in [-0.1, -0.05) is 15.9 Å². The fourth-order valence-corrected chi connectivity index (χ4v) is 1.42. The fraction of sp³-hybridized carbons (Fsp3) is 0.333. The molecule has 1 aromatic heterocycles. The molecule has 0 aliphatic carbocycles. The molecule has 2 N–H and O–H groups in total. The first-order valence-corrected chi connectivity index (χ1v) is 5.35. The molecular formula is C9H9BrF2N2O2. The molecule has 1 heterocycles. The molecule has 0 unspecified atom stereocenters. The lowest BCUT2D eigenvalue weighted by Crippen LogP contribution is -2.12. The predicted molar refractivity (Wildman–Crippen MR) is 57.6 cm³/mol. The summed E-state index contributed by atoms with van der Waals surface area (Å²) < 4.78 is 29.6. The van der Waals surface area contributed by atoms with Crippen molar-refractivity contribution in [2.45, 2.75) is 11.8 Å². The molecule has 0 fully saturated rings. The van der Waals surface area contributed by atoms with Gasteiger partial charge in [0, 0.05) is 10.9 Å². The zero-order chi connectivity index (χ0) is 12.3. The molecule has 0 amide bonds. The minimum atomic E-state index is -2.76. The van der Waals surface area contributed by atoms with E-state index < -0.39 is 18.0 Å². The Kier molecular flexibility index (Phi) is 4.17. The Morgan fingerprint density at radius 2 is 2.31 bits per heavy atom. The Morgan fingerprint density at radius 3 is 2.75 bits per heavy atom. The SMILES string of the molecule is COC(=O)c1nc(CBr)cc(C(F)F)c1N. The van der Waals surface area contributed by atoms with E-state index in [0.29, 0.717) is 5.69 Å². The van der Waals surface area contributed by atoms with Crippen molar-refractivity contribution in [2.24, 2.45) is 0 Å². The topological polar surface area (TPSA) is 65.2 Å². The van der Waals surface area contributed by atoms with Gasteiger partial charge in [0.15, 0.2) is 5.69 Å². The van der Waals surface area contributed by atoms with Crippen molar-refractivity contribution in [2.75, 3.05) is 12.8 Å². The molecule has 0 bridgehead atoms. The van der Waals surface area contributed by atoms with E-state index in [4.69, 9.17) is 5.73 Å². The summed E-state index contributed by atoms with van der Waals surface area (Å²) in [6.07, 6.45) is -2.76. The lowest BCUT2D eigenvalue weighted by atomic mass is 10.1. The lowest BCUT2D eigenvalue weighted by molar-refractivity contribution is 0.0594. The smallest absolute Gasteiger partial charge is 0.358 e. The van der Waals surface area contributed by atoms with Crippen LogP contribution in [0.5, 0.6) is 0 Å². The van der Waals surface area contributed by atoms with Crippen molar-refractivity contribution in [3.05, 3.63) is 23.0 Å². The van der Waals surface area contributed by atoms with Gasteiger partial charge in [-0.3, -0.25) is 0 Å². The molecule has 0 saturated heterocycles. The highest BCUT2D eigenvalue weighted by Crippen LogP contribution is 2.28. The number of methoxy groups -OCH3 is 1. The molecule has 0 saturated carbocycles. The highest BCUT2D eigenvalue weighted by molar-refractivity contribution is 9.08. The summed E-state index contributed by atoms with van der Waals surface area (Å²) in [4.78, 5) is 15.1. The number of alkyl halides is 3. The third-order valence-corrected chi connectivity index (χ3v) is 2.47.